The molecule has 0 saturated carbocycles. The van der Waals surface area contributed by atoms with E-state index in [0.29, 0.717) is 0 Å². The number of rotatable bonds is 2. The lowest BCUT2D eigenvalue weighted by Crippen LogP contribution is -1.75. The van der Waals surface area contributed by atoms with Crippen molar-refractivity contribution in [3.8, 4) is 0 Å². The zero-order valence-corrected chi connectivity index (χ0v) is 5.83. The molecule has 0 saturated heterocycles. The Morgan fingerprint density at radius 1 is 1.80 bits per heavy atom. The van der Waals surface area contributed by atoms with E-state index in [1.165, 1.54) is 0 Å². The summed E-state index contributed by atoms with van der Waals surface area (Å²) in [6, 6.07) is 0. The molecule has 0 aliphatic heterocycles. The molecular formula is C7H10N2O. The second kappa shape index (κ2) is 3.17. The molecule has 0 aliphatic carbocycles. The number of nitrogens with zero attached hydrogens (tertiary/aromatic N) is 1. The fourth-order valence-electron chi connectivity index (χ4n) is 0.708. The summed E-state index contributed by atoms with van der Waals surface area (Å²) >= 11 is 0. The molecule has 0 fully saturated rings. The number of aryl methyl sites for hydroxylation is 1. The summed E-state index contributed by atoms with van der Waals surface area (Å²) in [6.45, 7) is 2.01. The predicted molar refractivity (Wildman–Crippen MR) is 39.4 cm³/mol. The van der Waals surface area contributed by atoms with Crippen LogP contribution >= 0.6 is 0 Å². The molecule has 0 spiro atoms. The van der Waals surface area contributed by atoms with Crippen LogP contribution in [0.5, 0.6) is 0 Å². The van der Waals surface area contributed by atoms with Gasteiger partial charge >= 0.3 is 0 Å². The number of H-pyrrole nitrogens is 1. The third-order valence-corrected chi connectivity index (χ3v) is 1.27. The van der Waals surface area contributed by atoms with Crippen LogP contribution in [0.3, 0.4) is 0 Å². The van der Waals surface area contributed by atoms with Gasteiger partial charge in [-0.1, -0.05) is 12.2 Å². The molecule has 0 amide bonds. The standard InChI is InChI=1S/C7H10N2O/c1-6-7(3-2-4-10)5-8-9-6/h2-3,5,10H,4H2,1H3,(H,8,9). The minimum Gasteiger partial charge on any atom is -0.392 e. The quantitative estimate of drug-likeness (QED) is 0.632. The molecule has 2 N–H and O–H groups in total. The van der Waals surface area contributed by atoms with Gasteiger partial charge in [0.15, 0.2) is 0 Å². The molecule has 0 atom stereocenters. The van der Waals surface area contributed by atoms with Gasteiger partial charge in [0.2, 0.25) is 0 Å². The van der Waals surface area contributed by atoms with Crippen molar-refractivity contribution in [3.63, 3.8) is 0 Å². The number of nitrogens with one attached hydrogen (secondary N) is 1. The number of aromatic amines is 1. The van der Waals surface area contributed by atoms with Crippen molar-refractivity contribution in [2.24, 2.45) is 0 Å². The van der Waals surface area contributed by atoms with Crippen LogP contribution in [-0.2, 0) is 0 Å². The Bertz CT molecular complexity index is 227. The molecule has 10 heavy (non-hydrogen) atoms. The Balaban J connectivity index is 2.74. The van der Waals surface area contributed by atoms with Crippen molar-refractivity contribution in [2.45, 2.75) is 6.92 Å². The zero-order chi connectivity index (χ0) is 7.40. The molecule has 0 unspecified atom stereocenters. The van der Waals surface area contributed by atoms with Gasteiger partial charge < -0.3 is 5.11 Å². The summed E-state index contributed by atoms with van der Waals surface area (Å²) in [7, 11) is 0. The first-order valence-corrected chi connectivity index (χ1v) is 3.12. The smallest absolute Gasteiger partial charge is 0.0615 e. The topological polar surface area (TPSA) is 48.9 Å². The summed E-state index contributed by atoms with van der Waals surface area (Å²) in [5, 5.41) is 15.0. The average Bonchev–Trinajstić information content (AvgIpc) is 2.31. The van der Waals surface area contributed by atoms with Gasteiger partial charge in [-0.15, -0.1) is 0 Å². The van der Waals surface area contributed by atoms with Crippen molar-refractivity contribution < 1.29 is 5.11 Å². The Morgan fingerprint density at radius 2 is 2.60 bits per heavy atom. The summed E-state index contributed by atoms with van der Waals surface area (Å²) in [5.74, 6) is 0. The maximum Gasteiger partial charge on any atom is 0.0615 e. The molecule has 3 heteroatoms. The number of aliphatic hydroxyl groups excluding tert-OH is 1. The monoisotopic (exact) mass is 138 g/mol. The molecule has 0 bridgehead atoms. The Morgan fingerprint density at radius 3 is 3.10 bits per heavy atom. The lowest BCUT2D eigenvalue weighted by molar-refractivity contribution is 0.343. The third-order valence-electron chi connectivity index (χ3n) is 1.27. The molecule has 0 aromatic carbocycles. The second-order valence-corrected chi connectivity index (χ2v) is 2.04. The summed E-state index contributed by atoms with van der Waals surface area (Å²) in [5.41, 5.74) is 2.04. The van der Waals surface area contributed by atoms with Crippen molar-refractivity contribution in [2.75, 3.05) is 6.61 Å². The van der Waals surface area contributed by atoms with Gasteiger partial charge in [0.1, 0.15) is 0 Å². The van der Waals surface area contributed by atoms with Gasteiger partial charge in [-0.2, -0.15) is 5.10 Å². The van der Waals surface area contributed by atoms with Crippen LogP contribution in [0, 0.1) is 6.92 Å². The normalized spacial score (nSPS) is 11.0. The van der Waals surface area contributed by atoms with Crippen LogP contribution in [0.1, 0.15) is 11.3 Å². The van der Waals surface area contributed by atoms with Crippen molar-refractivity contribution >= 4 is 6.08 Å². The minimum absolute atomic E-state index is 0.0740. The fourth-order valence-corrected chi connectivity index (χ4v) is 0.708. The zero-order valence-electron chi connectivity index (χ0n) is 5.83. The van der Waals surface area contributed by atoms with E-state index >= 15 is 0 Å². The van der Waals surface area contributed by atoms with Gasteiger partial charge in [-0.05, 0) is 6.92 Å². The van der Waals surface area contributed by atoms with Crippen LogP contribution in [0.4, 0.5) is 0 Å². The molecule has 1 heterocycles. The highest BCUT2D eigenvalue weighted by Crippen LogP contribution is 2.03. The lowest BCUT2D eigenvalue weighted by atomic mass is 10.2. The van der Waals surface area contributed by atoms with Crippen molar-refractivity contribution in [1.82, 2.24) is 10.2 Å². The number of hydrogen-bond donors (Lipinski definition) is 2. The molecular weight excluding hydrogens is 128 g/mol. The van der Waals surface area contributed by atoms with E-state index in [1.807, 2.05) is 13.0 Å². The van der Waals surface area contributed by atoms with Crippen LogP contribution < -0.4 is 0 Å². The van der Waals surface area contributed by atoms with Gasteiger partial charge in [0.05, 0.1) is 12.8 Å². The van der Waals surface area contributed by atoms with E-state index in [9.17, 15) is 0 Å². The van der Waals surface area contributed by atoms with E-state index in [1.54, 1.807) is 12.3 Å². The minimum atomic E-state index is 0.0740. The van der Waals surface area contributed by atoms with Crippen LogP contribution in [0.25, 0.3) is 6.08 Å². The number of aromatic nitrogens is 2. The summed E-state index contributed by atoms with van der Waals surface area (Å²) in [4.78, 5) is 0. The van der Waals surface area contributed by atoms with E-state index in [4.69, 9.17) is 5.11 Å². The van der Waals surface area contributed by atoms with Gasteiger partial charge in [-0.3, -0.25) is 5.10 Å². The molecule has 1 aromatic rings. The molecule has 54 valence electrons. The Labute approximate surface area is 59.4 Å². The molecule has 1 aromatic heterocycles. The Hall–Kier alpha value is -1.09. The first-order chi connectivity index (χ1) is 4.84. The third kappa shape index (κ3) is 1.45. The van der Waals surface area contributed by atoms with E-state index in [-0.39, 0.29) is 6.61 Å². The summed E-state index contributed by atoms with van der Waals surface area (Å²) in [6.07, 6.45) is 5.23. The van der Waals surface area contributed by atoms with E-state index < -0.39 is 0 Å². The predicted octanol–water partition coefficient (Wildman–Crippen LogP) is 0.724. The van der Waals surface area contributed by atoms with Gasteiger partial charge in [0.25, 0.3) is 0 Å². The van der Waals surface area contributed by atoms with Crippen LogP contribution in [-0.4, -0.2) is 21.9 Å². The number of aliphatic hydroxyl groups is 1. The maximum atomic E-state index is 8.44. The highest BCUT2D eigenvalue weighted by Gasteiger charge is 1.92. The van der Waals surface area contributed by atoms with Gasteiger partial charge in [0, 0.05) is 11.3 Å². The fraction of sp³-hybridized carbons (Fsp3) is 0.286. The molecule has 3 nitrogen and oxygen atoms in total. The molecule has 0 aliphatic rings. The molecule has 0 radical (unpaired) electrons. The van der Waals surface area contributed by atoms with Crippen LogP contribution in [0.15, 0.2) is 12.3 Å². The lowest BCUT2D eigenvalue weighted by Gasteiger charge is -1.85. The SMILES string of the molecule is Cc1[nH]ncc1C=CCO. The van der Waals surface area contributed by atoms with E-state index in [0.717, 1.165) is 11.3 Å². The largest absolute Gasteiger partial charge is 0.392 e. The number of hydrogen-bond acceptors (Lipinski definition) is 2. The Kier molecular flexibility index (Phi) is 2.23. The van der Waals surface area contributed by atoms with Gasteiger partial charge in [-0.25, -0.2) is 0 Å². The first-order valence-electron chi connectivity index (χ1n) is 3.12. The first kappa shape index (κ1) is 7.02. The molecule has 1 rings (SSSR count). The van der Waals surface area contributed by atoms with Crippen molar-refractivity contribution in [1.29, 1.82) is 0 Å². The van der Waals surface area contributed by atoms with Crippen molar-refractivity contribution in [3.05, 3.63) is 23.5 Å². The second-order valence-electron chi connectivity index (χ2n) is 2.04. The summed E-state index contributed by atoms with van der Waals surface area (Å²) < 4.78 is 0. The van der Waals surface area contributed by atoms with Crippen LogP contribution in [0.2, 0.25) is 0 Å². The average molecular weight is 138 g/mol. The maximum absolute atomic E-state index is 8.44. The van der Waals surface area contributed by atoms with E-state index in [2.05, 4.69) is 10.2 Å². The highest BCUT2D eigenvalue weighted by molar-refractivity contribution is 5.50. The highest BCUT2D eigenvalue weighted by atomic mass is 16.2.